The SMILES string of the molecule is COc1ccc(C2ON3CCC2CC3(C)C)cc1. The quantitative estimate of drug-likeness (QED) is 0.801. The predicted molar refractivity (Wildman–Crippen MR) is 70.3 cm³/mol. The number of hydroxylamine groups is 2. The number of piperidine rings is 1. The number of ether oxygens (including phenoxy) is 1. The van der Waals surface area contributed by atoms with Crippen molar-refractivity contribution in [1.29, 1.82) is 0 Å². The molecule has 3 atom stereocenters. The number of benzene rings is 1. The van der Waals surface area contributed by atoms with E-state index in [1.165, 1.54) is 18.4 Å². The molecular formula is C15H21NO2. The molecule has 0 spiro atoms. The van der Waals surface area contributed by atoms with Crippen molar-refractivity contribution in [2.45, 2.75) is 38.3 Å². The van der Waals surface area contributed by atoms with Crippen LogP contribution in [0, 0.1) is 5.92 Å². The van der Waals surface area contributed by atoms with Crippen molar-refractivity contribution in [1.82, 2.24) is 5.06 Å². The van der Waals surface area contributed by atoms with E-state index in [4.69, 9.17) is 9.57 Å². The molecule has 3 saturated heterocycles. The monoisotopic (exact) mass is 247 g/mol. The van der Waals surface area contributed by atoms with E-state index in [-0.39, 0.29) is 11.6 Å². The summed E-state index contributed by atoms with van der Waals surface area (Å²) in [6.07, 6.45) is 2.67. The molecule has 0 aliphatic carbocycles. The zero-order valence-corrected chi connectivity index (χ0v) is 11.3. The van der Waals surface area contributed by atoms with Crippen molar-refractivity contribution >= 4 is 0 Å². The van der Waals surface area contributed by atoms with Gasteiger partial charge in [0.25, 0.3) is 0 Å². The first-order valence-electron chi connectivity index (χ1n) is 6.68. The molecular weight excluding hydrogens is 226 g/mol. The van der Waals surface area contributed by atoms with Crippen LogP contribution < -0.4 is 4.74 Å². The Morgan fingerprint density at radius 3 is 2.50 bits per heavy atom. The maximum absolute atomic E-state index is 6.15. The lowest BCUT2D eigenvalue weighted by atomic mass is 9.77. The zero-order chi connectivity index (χ0) is 12.8. The lowest BCUT2D eigenvalue weighted by molar-refractivity contribution is -0.324. The Balaban J connectivity index is 1.82. The molecule has 3 heteroatoms. The standard InChI is InChI=1S/C15H21NO2/c1-15(2)10-12-8-9-16(15)18-14(12)11-4-6-13(17-3)7-5-11/h4-7,12,14H,8-10H2,1-3H3. The Bertz CT molecular complexity index is 427. The topological polar surface area (TPSA) is 21.7 Å². The summed E-state index contributed by atoms with van der Waals surface area (Å²) in [6.45, 7) is 5.59. The van der Waals surface area contributed by atoms with Gasteiger partial charge in [-0.3, -0.25) is 4.84 Å². The number of hydrogen-bond acceptors (Lipinski definition) is 3. The molecule has 3 aliphatic heterocycles. The second-order valence-electron chi connectivity index (χ2n) is 5.97. The molecule has 18 heavy (non-hydrogen) atoms. The lowest BCUT2D eigenvalue weighted by Gasteiger charge is -2.53. The maximum Gasteiger partial charge on any atom is 0.118 e. The fraction of sp³-hybridized carbons (Fsp3) is 0.600. The van der Waals surface area contributed by atoms with Gasteiger partial charge >= 0.3 is 0 Å². The van der Waals surface area contributed by atoms with Crippen LogP contribution in [0.15, 0.2) is 24.3 Å². The van der Waals surface area contributed by atoms with Crippen molar-refractivity contribution < 1.29 is 9.57 Å². The average Bonchev–Trinajstić information content (AvgIpc) is 2.38. The van der Waals surface area contributed by atoms with Crippen LogP contribution in [0.25, 0.3) is 0 Å². The molecule has 0 amide bonds. The predicted octanol–water partition coefficient (Wildman–Crippen LogP) is 3.17. The van der Waals surface area contributed by atoms with Crippen molar-refractivity contribution in [3.63, 3.8) is 0 Å². The largest absolute Gasteiger partial charge is 0.497 e. The Hall–Kier alpha value is -1.06. The van der Waals surface area contributed by atoms with E-state index in [0.29, 0.717) is 5.92 Å². The van der Waals surface area contributed by atoms with Gasteiger partial charge in [0.05, 0.1) is 7.11 Å². The van der Waals surface area contributed by atoms with E-state index in [1.807, 2.05) is 12.1 Å². The third-order valence-electron chi connectivity index (χ3n) is 4.25. The number of methoxy groups -OCH3 is 1. The summed E-state index contributed by atoms with van der Waals surface area (Å²) in [6, 6.07) is 8.28. The van der Waals surface area contributed by atoms with Gasteiger partial charge in [0.1, 0.15) is 11.9 Å². The minimum Gasteiger partial charge on any atom is -0.497 e. The van der Waals surface area contributed by atoms with E-state index >= 15 is 0 Å². The summed E-state index contributed by atoms with van der Waals surface area (Å²) < 4.78 is 5.20. The molecule has 3 heterocycles. The highest BCUT2D eigenvalue weighted by Gasteiger charge is 2.46. The number of nitrogens with zero attached hydrogens (tertiary/aromatic N) is 1. The van der Waals surface area contributed by atoms with Gasteiger partial charge in [-0.2, -0.15) is 5.06 Å². The van der Waals surface area contributed by atoms with Crippen molar-refractivity contribution in [3.8, 4) is 5.75 Å². The second kappa shape index (κ2) is 4.25. The van der Waals surface area contributed by atoms with Gasteiger partial charge in [0, 0.05) is 12.1 Å². The molecule has 3 fully saturated rings. The molecule has 3 aliphatic rings. The van der Waals surface area contributed by atoms with Crippen LogP contribution in [0.5, 0.6) is 5.75 Å². The van der Waals surface area contributed by atoms with Crippen LogP contribution in [0.1, 0.15) is 38.4 Å². The third-order valence-corrected chi connectivity index (χ3v) is 4.25. The Kier molecular flexibility index (Phi) is 2.83. The van der Waals surface area contributed by atoms with E-state index in [1.54, 1.807) is 7.11 Å². The van der Waals surface area contributed by atoms with Gasteiger partial charge in [0.15, 0.2) is 0 Å². The molecule has 2 bridgehead atoms. The summed E-state index contributed by atoms with van der Waals surface area (Å²) in [5, 5.41) is 2.17. The normalized spacial score (nSPS) is 33.4. The molecule has 4 rings (SSSR count). The molecule has 98 valence electrons. The fourth-order valence-electron chi connectivity index (χ4n) is 3.23. The summed E-state index contributed by atoms with van der Waals surface area (Å²) in [5.41, 5.74) is 1.45. The van der Waals surface area contributed by atoms with Crippen LogP contribution >= 0.6 is 0 Å². The minimum atomic E-state index is 0.186. The molecule has 0 aromatic heterocycles. The van der Waals surface area contributed by atoms with Crippen molar-refractivity contribution in [2.75, 3.05) is 13.7 Å². The first-order chi connectivity index (χ1) is 8.60. The van der Waals surface area contributed by atoms with Gasteiger partial charge < -0.3 is 4.74 Å². The summed E-state index contributed by atoms with van der Waals surface area (Å²) in [4.78, 5) is 6.15. The first kappa shape index (κ1) is 12.0. The second-order valence-corrected chi connectivity index (χ2v) is 5.97. The fourth-order valence-corrected chi connectivity index (χ4v) is 3.23. The number of rotatable bonds is 2. The summed E-state index contributed by atoms with van der Waals surface area (Å²) >= 11 is 0. The van der Waals surface area contributed by atoms with Crippen LogP contribution in [-0.2, 0) is 4.84 Å². The first-order valence-corrected chi connectivity index (χ1v) is 6.68. The van der Waals surface area contributed by atoms with Gasteiger partial charge in [-0.25, -0.2) is 0 Å². The molecule has 0 radical (unpaired) electrons. The molecule has 0 N–H and O–H groups in total. The Morgan fingerprint density at radius 2 is 2.00 bits per heavy atom. The van der Waals surface area contributed by atoms with Gasteiger partial charge in [-0.05, 0) is 50.3 Å². The van der Waals surface area contributed by atoms with Gasteiger partial charge in [-0.1, -0.05) is 12.1 Å². The van der Waals surface area contributed by atoms with Crippen molar-refractivity contribution in [3.05, 3.63) is 29.8 Å². The molecule has 3 nitrogen and oxygen atoms in total. The van der Waals surface area contributed by atoms with Crippen LogP contribution in [0.3, 0.4) is 0 Å². The summed E-state index contributed by atoms with van der Waals surface area (Å²) in [5.74, 6) is 1.54. The molecule has 0 saturated carbocycles. The highest BCUT2D eigenvalue weighted by Crippen LogP contribution is 2.47. The molecule has 1 aromatic rings. The van der Waals surface area contributed by atoms with E-state index in [9.17, 15) is 0 Å². The van der Waals surface area contributed by atoms with E-state index in [0.717, 1.165) is 12.3 Å². The van der Waals surface area contributed by atoms with Gasteiger partial charge in [0.2, 0.25) is 0 Å². The van der Waals surface area contributed by atoms with Crippen LogP contribution in [-0.4, -0.2) is 24.3 Å². The molecule has 1 aromatic carbocycles. The average molecular weight is 247 g/mol. The van der Waals surface area contributed by atoms with E-state index in [2.05, 4.69) is 31.0 Å². The molecule has 3 unspecified atom stereocenters. The van der Waals surface area contributed by atoms with Gasteiger partial charge in [-0.15, -0.1) is 0 Å². The maximum atomic E-state index is 6.15. The smallest absolute Gasteiger partial charge is 0.118 e. The summed E-state index contributed by atoms with van der Waals surface area (Å²) in [7, 11) is 1.70. The van der Waals surface area contributed by atoms with E-state index < -0.39 is 0 Å². The Morgan fingerprint density at radius 1 is 1.28 bits per heavy atom. The highest BCUT2D eigenvalue weighted by atomic mass is 16.7. The highest BCUT2D eigenvalue weighted by molar-refractivity contribution is 5.29. The van der Waals surface area contributed by atoms with Crippen LogP contribution in [0.2, 0.25) is 0 Å². The number of fused-ring (bicyclic) bond motifs is 3. The zero-order valence-electron chi connectivity index (χ0n) is 11.3. The number of hydrogen-bond donors (Lipinski definition) is 0. The Labute approximate surface area is 109 Å². The lowest BCUT2D eigenvalue weighted by Crippen LogP contribution is -2.56. The van der Waals surface area contributed by atoms with Crippen LogP contribution in [0.4, 0.5) is 0 Å². The third kappa shape index (κ3) is 1.91. The van der Waals surface area contributed by atoms with Crippen molar-refractivity contribution in [2.24, 2.45) is 5.92 Å². The minimum absolute atomic E-state index is 0.186.